The molecule has 5 nitrogen and oxygen atoms in total. The highest BCUT2D eigenvalue weighted by Crippen LogP contribution is 2.28. The van der Waals surface area contributed by atoms with E-state index in [1.807, 2.05) is 11.9 Å². The Labute approximate surface area is 189 Å². The van der Waals surface area contributed by atoms with Crippen LogP contribution in [0.3, 0.4) is 0 Å². The van der Waals surface area contributed by atoms with Crippen LogP contribution in [0.15, 0.2) is 48.7 Å². The number of nitrogens with one attached hydrogen (secondary N) is 1. The zero-order valence-corrected chi connectivity index (χ0v) is 18.0. The fraction of sp³-hybridized carbons (Fsp3) is 0.375. The minimum absolute atomic E-state index is 0.0725. The number of aliphatic hydroxyl groups is 1. The summed E-state index contributed by atoms with van der Waals surface area (Å²) in [5, 5.41) is 13.4. The minimum Gasteiger partial charge on any atom is -0.376 e. The van der Waals surface area contributed by atoms with E-state index in [-0.39, 0.29) is 23.6 Å². The summed E-state index contributed by atoms with van der Waals surface area (Å²) >= 11 is 0. The number of aromatic nitrogens is 2. The highest BCUT2D eigenvalue weighted by atomic mass is 19.4. The fourth-order valence-corrected chi connectivity index (χ4v) is 3.96. The average molecular weight is 460 g/mol. The molecule has 3 aromatic rings. The maximum Gasteiger partial charge on any atom is 0.394 e. The largest absolute Gasteiger partial charge is 0.394 e. The van der Waals surface area contributed by atoms with Gasteiger partial charge in [-0.05, 0) is 37.1 Å². The molecule has 4 rings (SSSR count). The monoisotopic (exact) mass is 460 g/mol. The Morgan fingerprint density at radius 3 is 2.67 bits per heavy atom. The van der Waals surface area contributed by atoms with Crippen molar-refractivity contribution in [3.05, 3.63) is 65.6 Å². The van der Waals surface area contributed by atoms with Gasteiger partial charge < -0.3 is 19.7 Å². The number of nitrogens with zero attached hydrogens (tertiary/aromatic N) is 3. The Morgan fingerprint density at radius 1 is 1.21 bits per heavy atom. The van der Waals surface area contributed by atoms with Crippen LogP contribution in [0.1, 0.15) is 29.5 Å². The molecular weight excluding hydrogens is 436 g/mol. The number of rotatable bonds is 4. The molecular formula is C24H24F4N4O. The minimum atomic E-state index is -4.48. The summed E-state index contributed by atoms with van der Waals surface area (Å²) in [6.45, 7) is 0.992. The van der Waals surface area contributed by atoms with Gasteiger partial charge >= 0.3 is 6.18 Å². The number of fused-ring (bicyclic) bond motifs is 1. The average Bonchev–Trinajstić information content (AvgIpc) is 3.11. The summed E-state index contributed by atoms with van der Waals surface area (Å²) in [5.41, 5.74) is 1.01. The van der Waals surface area contributed by atoms with E-state index in [1.165, 1.54) is 10.6 Å². The number of hydrogen-bond donors (Lipinski definition) is 2. The Hall–Kier alpha value is -3.09. The quantitative estimate of drug-likeness (QED) is 0.457. The summed E-state index contributed by atoms with van der Waals surface area (Å²) in [4.78, 5) is 6.25. The van der Waals surface area contributed by atoms with Gasteiger partial charge in [-0.2, -0.15) is 13.2 Å². The molecule has 1 saturated heterocycles. The molecule has 2 aromatic heterocycles. The number of anilines is 1. The molecule has 33 heavy (non-hydrogen) atoms. The first-order valence-corrected chi connectivity index (χ1v) is 10.6. The van der Waals surface area contributed by atoms with Crippen molar-refractivity contribution in [3.63, 3.8) is 0 Å². The predicted molar refractivity (Wildman–Crippen MR) is 118 cm³/mol. The first-order valence-electron chi connectivity index (χ1n) is 10.6. The van der Waals surface area contributed by atoms with Crippen molar-refractivity contribution in [3.8, 4) is 11.8 Å². The van der Waals surface area contributed by atoms with Gasteiger partial charge in [0.1, 0.15) is 18.0 Å². The molecule has 0 amide bonds. The lowest BCUT2D eigenvalue weighted by atomic mass is 10.0. The lowest BCUT2D eigenvalue weighted by Crippen LogP contribution is -2.46. The van der Waals surface area contributed by atoms with Crippen molar-refractivity contribution in [1.29, 1.82) is 0 Å². The maximum absolute atomic E-state index is 14.5. The molecule has 0 spiro atoms. The molecule has 3 heterocycles. The lowest BCUT2D eigenvalue weighted by molar-refractivity contribution is -0.128. The number of benzene rings is 1. The summed E-state index contributed by atoms with van der Waals surface area (Å²) in [6.07, 6.45) is -5.96. The zero-order chi connectivity index (χ0) is 23.6. The van der Waals surface area contributed by atoms with Gasteiger partial charge in [-0.1, -0.05) is 36.3 Å². The first-order chi connectivity index (χ1) is 15.7. The fourth-order valence-electron chi connectivity index (χ4n) is 3.96. The van der Waals surface area contributed by atoms with E-state index in [2.05, 4.69) is 22.1 Å². The van der Waals surface area contributed by atoms with Crippen LogP contribution in [0.2, 0.25) is 0 Å². The van der Waals surface area contributed by atoms with Crippen molar-refractivity contribution in [2.24, 2.45) is 0 Å². The lowest BCUT2D eigenvalue weighted by Gasteiger charge is -2.33. The SMILES string of the molecule is CN1CC[C@@H](Nc2cccn3c(CC(F)(F)F)c(C#C[C@H](O)c4ccccc4)nc23)[C@@H](F)C1. The Morgan fingerprint density at radius 2 is 1.97 bits per heavy atom. The molecule has 1 aliphatic rings. The van der Waals surface area contributed by atoms with Gasteiger partial charge in [-0.25, -0.2) is 9.37 Å². The van der Waals surface area contributed by atoms with E-state index in [9.17, 15) is 22.7 Å². The Balaban J connectivity index is 1.71. The molecule has 1 aliphatic heterocycles. The van der Waals surface area contributed by atoms with Crippen molar-refractivity contribution in [2.45, 2.75) is 37.3 Å². The molecule has 1 fully saturated rings. The Bertz CT molecular complexity index is 1170. The van der Waals surface area contributed by atoms with Gasteiger partial charge in [0, 0.05) is 19.3 Å². The van der Waals surface area contributed by atoms with Crippen molar-refractivity contribution < 1.29 is 22.7 Å². The topological polar surface area (TPSA) is 52.8 Å². The summed E-state index contributed by atoms with van der Waals surface area (Å²) in [6, 6.07) is 11.4. The predicted octanol–water partition coefficient (Wildman–Crippen LogP) is 3.98. The second-order valence-electron chi connectivity index (χ2n) is 8.21. The normalized spacial score (nSPS) is 20.3. The van der Waals surface area contributed by atoms with E-state index in [0.717, 1.165) is 0 Å². The Kier molecular flexibility index (Phi) is 6.58. The van der Waals surface area contributed by atoms with Crippen LogP contribution in [-0.4, -0.2) is 57.9 Å². The van der Waals surface area contributed by atoms with Gasteiger partial charge in [0.25, 0.3) is 0 Å². The standard InChI is InChI=1S/C24H24F4N4O/c1-31-13-11-18(17(25)15-31)29-20-8-5-12-32-21(14-24(26,27)28)19(30-23(20)32)9-10-22(33)16-6-3-2-4-7-16/h2-8,12,17-18,22,29,33H,11,13-15H2,1H3/t17-,18+,22-/m0/s1. The molecule has 0 bridgehead atoms. The van der Waals surface area contributed by atoms with Crippen LogP contribution in [0.5, 0.6) is 0 Å². The smallest absolute Gasteiger partial charge is 0.376 e. The number of piperidine rings is 1. The van der Waals surface area contributed by atoms with Crippen LogP contribution in [0.4, 0.5) is 23.2 Å². The summed E-state index contributed by atoms with van der Waals surface area (Å²) in [5.74, 6) is 5.22. The van der Waals surface area contributed by atoms with E-state index in [0.29, 0.717) is 24.2 Å². The number of pyridine rings is 1. The second kappa shape index (κ2) is 9.41. The molecule has 2 N–H and O–H groups in total. The molecule has 0 radical (unpaired) electrons. The third kappa shape index (κ3) is 5.46. The molecule has 0 saturated carbocycles. The van der Waals surface area contributed by atoms with Crippen molar-refractivity contribution in [1.82, 2.24) is 14.3 Å². The van der Waals surface area contributed by atoms with Crippen LogP contribution in [0, 0.1) is 11.8 Å². The van der Waals surface area contributed by atoms with Crippen LogP contribution < -0.4 is 5.32 Å². The number of hydrogen-bond acceptors (Lipinski definition) is 4. The van der Waals surface area contributed by atoms with E-state index >= 15 is 0 Å². The third-order valence-electron chi connectivity index (χ3n) is 5.64. The number of imidazole rings is 1. The number of aliphatic hydroxyl groups excluding tert-OH is 1. The van der Waals surface area contributed by atoms with E-state index in [4.69, 9.17) is 0 Å². The van der Waals surface area contributed by atoms with E-state index < -0.39 is 30.9 Å². The van der Waals surface area contributed by atoms with Gasteiger partial charge in [0.05, 0.1) is 23.8 Å². The highest BCUT2D eigenvalue weighted by molar-refractivity contribution is 5.70. The molecule has 3 atom stereocenters. The molecule has 0 unspecified atom stereocenters. The maximum atomic E-state index is 14.5. The summed E-state index contributed by atoms with van der Waals surface area (Å²) < 4.78 is 55.9. The molecule has 9 heteroatoms. The number of alkyl halides is 4. The van der Waals surface area contributed by atoms with Crippen LogP contribution in [0.25, 0.3) is 5.65 Å². The van der Waals surface area contributed by atoms with Gasteiger partial charge in [0.15, 0.2) is 5.65 Å². The van der Waals surface area contributed by atoms with Crippen LogP contribution >= 0.6 is 0 Å². The summed E-state index contributed by atoms with van der Waals surface area (Å²) in [7, 11) is 1.84. The van der Waals surface area contributed by atoms with Gasteiger partial charge in [0.2, 0.25) is 0 Å². The van der Waals surface area contributed by atoms with Gasteiger partial charge in [-0.15, -0.1) is 0 Å². The zero-order valence-electron chi connectivity index (χ0n) is 18.0. The number of likely N-dealkylation sites (tertiary alicyclic amines) is 1. The highest BCUT2D eigenvalue weighted by Gasteiger charge is 2.32. The van der Waals surface area contributed by atoms with Crippen LogP contribution in [-0.2, 0) is 6.42 Å². The van der Waals surface area contributed by atoms with Crippen molar-refractivity contribution in [2.75, 3.05) is 25.5 Å². The van der Waals surface area contributed by atoms with Gasteiger partial charge in [-0.3, -0.25) is 0 Å². The third-order valence-corrected chi connectivity index (χ3v) is 5.64. The molecule has 174 valence electrons. The number of halogens is 4. The molecule has 0 aliphatic carbocycles. The molecule has 1 aromatic carbocycles. The van der Waals surface area contributed by atoms with Crippen molar-refractivity contribution >= 4 is 11.3 Å². The first kappa shape index (κ1) is 23.1. The second-order valence-corrected chi connectivity index (χ2v) is 8.21. The van der Waals surface area contributed by atoms with E-state index in [1.54, 1.807) is 42.5 Å².